The van der Waals surface area contributed by atoms with Crippen molar-refractivity contribution in [2.24, 2.45) is 0 Å². The highest BCUT2D eigenvalue weighted by atomic mass is 16.5. The van der Waals surface area contributed by atoms with Crippen LogP contribution in [0.5, 0.6) is 5.75 Å². The van der Waals surface area contributed by atoms with E-state index in [-0.39, 0.29) is 5.78 Å². The van der Waals surface area contributed by atoms with E-state index < -0.39 is 0 Å². The first kappa shape index (κ1) is 11.5. The van der Waals surface area contributed by atoms with Crippen molar-refractivity contribution in [2.75, 3.05) is 7.11 Å². The van der Waals surface area contributed by atoms with Crippen LogP contribution in [0.1, 0.15) is 16.1 Å². The molecule has 94 valence electrons. The summed E-state index contributed by atoms with van der Waals surface area (Å²) in [5, 5.41) is 1.00. The number of benzene rings is 2. The fourth-order valence-electron chi connectivity index (χ4n) is 2.10. The summed E-state index contributed by atoms with van der Waals surface area (Å²) in [5.74, 6) is 0.767. The molecule has 3 rings (SSSR count). The largest absolute Gasteiger partial charge is 0.497 e. The first-order valence-electron chi connectivity index (χ1n) is 6.04. The SMILES string of the molecule is COc1ccc2cc(C(=O)c3ccccc3)[nH]c2c1. The van der Waals surface area contributed by atoms with Gasteiger partial charge in [0.1, 0.15) is 5.75 Å². The first-order valence-corrected chi connectivity index (χ1v) is 6.04. The second kappa shape index (κ2) is 4.61. The Labute approximate surface area is 110 Å². The van der Waals surface area contributed by atoms with E-state index in [4.69, 9.17) is 4.74 Å². The predicted octanol–water partition coefficient (Wildman–Crippen LogP) is 3.41. The molecular formula is C16H13NO2. The molecule has 0 radical (unpaired) electrons. The van der Waals surface area contributed by atoms with E-state index in [1.165, 1.54) is 0 Å². The number of nitrogens with one attached hydrogen (secondary N) is 1. The van der Waals surface area contributed by atoms with Crippen molar-refractivity contribution in [1.29, 1.82) is 0 Å². The number of fused-ring (bicyclic) bond motifs is 1. The summed E-state index contributed by atoms with van der Waals surface area (Å²) in [6, 6.07) is 16.8. The summed E-state index contributed by atoms with van der Waals surface area (Å²) >= 11 is 0. The topological polar surface area (TPSA) is 42.1 Å². The minimum atomic E-state index is -0.00392. The second-order valence-corrected chi connectivity index (χ2v) is 4.33. The van der Waals surface area contributed by atoms with Gasteiger partial charge in [-0.05, 0) is 18.2 Å². The summed E-state index contributed by atoms with van der Waals surface area (Å²) in [6.45, 7) is 0. The first-order chi connectivity index (χ1) is 9.28. The van der Waals surface area contributed by atoms with Crippen LogP contribution in [0.3, 0.4) is 0 Å². The molecule has 0 aliphatic heterocycles. The third-order valence-electron chi connectivity index (χ3n) is 3.11. The lowest BCUT2D eigenvalue weighted by molar-refractivity contribution is 0.103. The zero-order valence-corrected chi connectivity index (χ0v) is 10.5. The molecule has 3 aromatic rings. The number of ether oxygens (including phenoxy) is 1. The van der Waals surface area contributed by atoms with Gasteiger partial charge in [0.15, 0.2) is 0 Å². The maximum atomic E-state index is 12.3. The molecule has 1 heterocycles. The third-order valence-corrected chi connectivity index (χ3v) is 3.11. The lowest BCUT2D eigenvalue weighted by atomic mass is 10.1. The van der Waals surface area contributed by atoms with Crippen LogP contribution in [0, 0.1) is 0 Å². The number of carbonyl (C=O) groups is 1. The monoisotopic (exact) mass is 251 g/mol. The highest BCUT2D eigenvalue weighted by molar-refractivity contribution is 6.10. The molecule has 0 aliphatic rings. The number of H-pyrrole nitrogens is 1. The molecule has 2 aromatic carbocycles. The van der Waals surface area contributed by atoms with Gasteiger partial charge in [0.25, 0.3) is 0 Å². The average Bonchev–Trinajstić information content (AvgIpc) is 2.90. The van der Waals surface area contributed by atoms with Gasteiger partial charge in [-0.3, -0.25) is 4.79 Å². The number of methoxy groups -OCH3 is 1. The Balaban J connectivity index is 2.04. The lowest BCUT2D eigenvalue weighted by Crippen LogP contribution is -2.00. The molecule has 3 heteroatoms. The van der Waals surface area contributed by atoms with Gasteiger partial charge in [-0.25, -0.2) is 0 Å². The van der Waals surface area contributed by atoms with Gasteiger partial charge in [-0.1, -0.05) is 30.3 Å². The van der Waals surface area contributed by atoms with E-state index in [2.05, 4.69) is 4.98 Å². The summed E-state index contributed by atoms with van der Waals surface area (Å²) in [5.41, 5.74) is 2.18. The number of ketones is 1. The molecule has 19 heavy (non-hydrogen) atoms. The number of hydrogen-bond acceptors (Lipinski definition) is 2. The van der Waals surface area contributed by atoms with E-state index >= 15 is 0 Å². The Hall–Kier alpha value is -2.55. The highest BCUT2D eigenvalue weighted by Crippen LogP contribution is 2.22. The predicted molar refractivity (Wildman–Crippen MR) is 74.7 cm³/mol. The Morgan fingerprint density at radius 3 is 2.58 bits per heavy atom. The molecule has 0 aliphatic carbocycles. The Kier molecular flexibility index (Phi) is 2.80. The number of aromatic amines is 1. The Bertz CT molecular complexity index is 729. The second-order valence-electron chi connectivity index (χ2n) is 4.33. The van der Waals surface area contributed by atoms with Crippen molar-refractivity contribution in [1.82, 2.24) is 4.98 Å². The van der Waals surface area contributed by atoms with Gasteiger partial charge >= 0.3 is 0 Å². The van der Waals surface area contributed by atoms with Crippen LogP contribution in [0.15, 0.2) is 54.6 Å². The standard InChI is InChI=1S/C16H13NO2/c1-19-13-8-7-12-9-15(17-14(12)10-13)16(18)11-5-3-2-4-6-11/h2-10,17H,1H3. The van der Waals surface area contributed by atoms with Crippen LogP contribution in [0.4, 0.5) is 0 Å². The number of aromatic nitrogens is 1. The van der Waals surface area contributed by atoms with E-state index in [0.29, 0.717) is 11.3 Å². The van der Waals surface area contributed by atoms with E-state index in [1.54, 1.807) is 7.11 Å². The lowest BCUT2D eigenvalue weighted by Gasteiger charge is -1.98. The molecule has 0 atom stereocenters. The van der Waals surface area contributed by atoms with Gasteiger partial charge in [0, 0.05) is 22.5 Å². The molecular weight excluding hydrogens is 238 g/mol. The molecule has 0 unspecified atom stereocenters. The fraction of sp³-hybridized carbons (Fsp3) is 0.0625. The summed E-state index contributed by atoms with van der Waals surface area (Å²) < 4.78 is 5.17. The van der Waals surface area contributed by atoms with Gasteiger partial charge in [-0.2, -0.15) is 0 Å². The molecule has 1 aromatic heterocycles. The maximum Gasteiger partial charge on any atom is 0.209 e. The normalized spacial score (nSPS) is 10.6. The number of carbonyl (C=O) groups excluding carboxylic acids is 1. The van der Waals surface area contributed by atoms with Gasteiger partial charge in [0.2, 0.25) is 5.78 Å². The quantitative estimate of drug-likeness (QED) is 0.725. The van der Waals surface area contributed by atoms with E-state index in [1.807, 2.05) is 54.6 Å². The van der Waals surface area contributed by atoms with Crippen LogP contribution in [0.25, 0.3) is 10.9 Å². The third kappa shape index (κ3) is 2.10. The molecule has 0 fully saturated rings. The van der Waals surface area contributed by atoms with Crippen molar-refractivity contribution < 1.29 is 9.53 Å². The Morgan fingerprint density at radius 2 is 1.84 bits per heavy atom. The summed E-state index contributed by atoms with van der Waals surface area (Å²) in [4.78, 5) is 15.4. The smallest absolute Gasteiger partial charge is 0.209 e. The van der Waals surface area contributed by atoms with Crippen LogP contribution in [-0.4, -0.2) is 17.9 Å². The van der Waals surface area contributed by atoms with Crippen molar-refractivity contribution >= 4 is 16.7 Å². The maximum absolute atomic E-state index is 12.3. The van der Waals surface area contributed by atoms with Crippen molar-refractivity contribution in [2.45, 2.75) is 0 Å². The number of rotatable bonds is 3. The van der Waals surface area contributed by atoms with Gasteiger partial charge in [0.05, 0.1) is 12.8 Å². The molecule has 0 saturated carbocycles. The molecule has 0 bridgehead atoms. The van der Waals surface area contributed by atoms with Crippen LogP contribution < -0.4 is 4.74 Å². The van der Waals surface area contributed by atoms with Crippen molar-refractivity contribution in [3.63, 3.8) is 0 Å². The van der Waals surface area contributed by atoms with Gasteiger partial charge < -0.3 is 9.72 Å². The van der Waals surface area contributed by atoms with Crippen molar-refractivity contribution in [3.05, 3.63) is 65.9 Å². The molecule has 0 amide bonds. The minimum absolute atomic E-state index is 0.00392. The van der Waals surface area contributed by atoms with Gasteiger partial charge in [-0.15, -0.1) is 0 Å². The van der Waals surface area contributed by atoms with Crippen LogP contribution in [-0.2, 0) is 0 Å². The van der Waals surface area contributed by atoms with E-state index in [0.717, 1.165) is 16.7 Å². The van der Waals surface area contributed by atoms with Crippen LogP contribution in [0.2, 0.25) is 0 Å². The Morgan fingerprint density at radius 1 is 1.05 bits per heavy atom. The average molecular weight is 251 g/mol. The summed E-state index contributed by atoms with van der Waals surface area (Å²) in [6.07, 6.45) is 0. The number of hydrogen-bond donors (Lipinski definition) is 1. The zero-order valence-electron chi connectivity index (χ0n) is 10.5. The van der Waals surface area contributed by atoms with E-state index in [9.17, 15) is 4.79 Å². The molecule has 0 spiro atoms. The van der Waals surface area contributed by atoms with Crippen molar-refractivity contribution in [3.8, 4) is 5.75 Å². The molecule has 0 saturated heterocycles. The fourth-order valence-corrected chi connectivity index (χ4v) is 2.10. The molecule has 1 N–H and O–H groups in total. The molecule has 3 nitrogen and oxygen atoms in total. The summed E-state index contributed by atoms with van der Waals surface area (Å²) in [7, 11) is 1.63. The minimum Gasteiger partial charge on any atom is -0.497 e. The van der Waals surface area contributed by atoms with Crippen LogP contribution >= 0.6 is 0 Å². The zero-order chi connectivity index (χ0) is 13.2. The highest BCUT2D eigenvalue weighted by Gasteiger charge is 2.11.